The molecule has 0 amide bonds. The molecule has 0 spiro atoms. The van der Waals surface area contributed by atoms with Gasteiger partial charge in [-0.2, -0.15) is 5.26 Å². The summed E-state index contributed by atoms with van der Waals surface area (Å²) in [5.74, 6) is 0. The number of halogens is 1. The second kappa shape index (κ2) is 5.38. The smallest absolute Gasteiger partial charge is 0.165 e. The van der Waals surface area contributed by atoms with Crippen molar-refractivity contribution in [3.8, 4) is 6.07 Å². The predicted molar refractivity (Wildman–Crippen MR) is 82.1 cm³/mol. The topological polar surface area (TPSA) is 23.8 Å². The second-order valence-corrected chi connectivity index (χ2v) is 5.07. The SMILES string of the molecule is N#Cc1ccc(C2=CC=CCC2(F)c2ccccc2)cc1. The van der Waals surface area contributed by atoms with Crippen LogP contribution in [0.2, 0.25) is 0 Å². The quantitative estimate of drug-likeness (QED) is 0.774. The van der Waals surface area contributed by atoms with Gasteiger partial charge in [-0.25, -0.2) is 4.39 Å². The summed E-state index contributed by atoms with van der Waals surface area (Å²) in [6.07, 6.45) is 5.87. The molecule has 0 bridgehead atoms. The lowest BCUT2D eigenvalue weighted by molar-refractivity contribution is 0.250. The third-order valence-electron chi connectivity index (χ3n) is 3.78. The van der Waals surface area contributed by atoms with Gasteiger partial charge in [0.05, 0.1) is 11.6 Å². The van der Waals surface area contributed by atoms with Crippen LogP contribution in [0.4, 0.5) is 4.39 Å². The van der Waals surface area contributed by atoms with Crippen LogP contribution in [0.1, 0.15) is 23.1 Å². The normalized spacial score (nSPS) is 20.7. The van der Waals surface area contributed by atoms with E-state index in [1.54, 1.807) is 24.3 Å². The molecule has 0 fully saturated rings. The number of allylic oxidation sites excluding steroid dienone is 4. The number of hydrogen-bond acceptors (Lipinski definition) is 1. The molecule has 1 unspecified atom stereocenters. The maximum atomic E-state index is 15.7. The number of hydrogen-bond donors (Lipinski definition) is 0. The van der Waals surface area contributed by atoms with Gasteiger partial charge in [-0.3, -0.25) is 0 Å². The molecule has 0 N–H and O–H groups in total. The standard InChI is InChI=1S/C19H14FN/c20-19(17-6-2-1-3-7-17)13-5-4-8-18(19)16-11-9-15(14-21)10-12-16/h1-12H,13H2. The van der Waals surface area contributed by atoms with Crippen molar-refractivity contribution in [2.24, 2.45) is 0 Å². The molecular formula is C19H14FN. The highest BCUT2D eigenvalue weighted by molar-refractivity contribution is 5.76. The lowest BCUT2D eigenvalue weighted by Gasteiger charge is -2.30. The van der Waals surface area contributed by atoms with Gasteiger partial charge in [-0.1, -0.05) is 60.7 Å². The number of nitriles is 1. The van der Waals surface area contributed by atoms with Gasteiger partial charge in [-0.05, 0) is 23.3 Å². The lowest BCUT2D eigenvalue weighted by atomic mass is 9.79. The Morgan fingerprint density at radius 2 is 1.71 bits per heavy atom. The Morgan fingerprint density at radius 3 is 2.38 bits per heavy atom. The Morgan fingerprint density at radius 1 is 1.00 bits per heavy atom. The van der Waals surface area contributed by atoms with Crippen LogP contribution in [0, 0.1) is 11.3 Å². The molecule has 1 atom stereocenters. The minimum Gasteiger partial charge on any atom is -0.233 e. The van der Waals surface area contributed by atoms with E-state index >= 15 is 4.39 Å². The lowest BCUT2D eigenvalue weighted by Crippen LogP contribution is -2.23. The van der Waals surface area contributed by atoms with Crippen LogP contribution in [0.5, 0.6) is 0 Å². The van der Waals surface area contributed by atoms with Gasteiger partial charge in [-0.15, -0.1) is 0 Å². The van der Waals surface area contributed by atoms with Gasteiger partial charge in [0.1, 0.15) is 0 Å². The van der Waals surface area contributed by atoms with E-state index in [4.69, 9.17) is 5.26 Å². The molecule has 2 aromatic rings. The van der Waals surface area contributed by atoms with Crippen LogP contribution >= 0.6 is 0 Å². The van der Waals surface area contributed by atoms with E-state index in [1.165, 1.54) is 0 Å². The fraction of sp³-hybridized carbons (Fsp3) is 0.105. The molecule has 1 aliphatic rings. The van der Waals surface area contributed by atoms with Crippen molar-refractivity contribution in [3.05, 3.63) is 89.5 Å². The molecule has 2 aromatic carbocycles. The van der Waals surface area contributed by atoms with Crippen LogP contribution in [-0.4, -0.2) is 0 Å². The van der Waals surface area contributed by atoms with Gasteiger partial charge in [0, 0.05) is 12.0 Å². The molecule has 102 valence electrons. The Hall–Kier alpha value is -2.66. The molecule has 0 heterocycles. The van der Waals surface area contributed by atoms with Gasteiger partial charge in [0.2, 0.25) is 0 Å². The number of benzene rings is 2. The summed E-state index contributed by atoms with van der Waals surface area (Å²) in [7, 11) is 0. The summed E-state index contributed by atoms with van der Waals surface area (Å²) in [5, 5.41) is 8.87. The van der Waals surface area contributed by atoms with Crippen molar-refractivity contribution >= 4 is 5.57 Å². The van der Waals surface area contributed by atoms with Crippen molar-refractivity contribution in [1.82, 2.24) is 0 Å². The highest BCUT2D eigenvalue weighted by atomic mass is 19.1. The first kappa shape index (κ1) is 13.3. The predicted octanol–water partition coefficient (Wildman–Crippen LogP) is 4.77. The second-order valence-electron chi connectivity index (χ2n) is 5.07. The summed E-state index contributed by atoms with van der Waals surface area (Å²) in [4.78, 5) is 0. The van der Waals surface area contributed by atoms with E-state index in [0.717, 1.165) is 5.56 Å². The van der Waals surface area contributed by atoms with Crippen LogP contribution in [-0.2, 0) is 5.67 Å². The fourth-order valence-corrected chi connectivity index (χ4v) is 2.66. The summed E-state index contributed by atoms with van der Waals surface area (Å²) in [6, 6.07) is 18.4. The zero-order valence-electron chi connectivity index (χ0n) is 11.5. The molecule has 1 nitrogen and oxygen atoms in total. The summed E-state index contributed by atoms with van der Waals surface area (Å²) >= 11 is 0. The van der Waals surface area contributed by atoms with Crippen molar-refractivity contribution in [2.45, 2.75) is 12.1 Å². The maximum Gasteiger partial charge on any atom is 0.165 e. The maximum absolute atomic E-state index is 15.7. The molecule has 0 radical (unpaired) electrons. The van der Waals surface area contributed by atoms with Crippen LogP contribution in [0.25, 0.3) is 5.57 Å². The van der Waals surface area contributed by atoms with Gasteiger partial charge >= 0.3 is 0 Å². The Bertz CT molecular complexity index is 735. The Kier molecular flexibility index (Phi) is 3.41. The van der Waals surface area contributed by atoms with Crippen molar-refractivity contribution in [3.63, 3.8) is 0 Å². The molecular weight excluding hydrogens is 261 g/mol. The van der Waals surface area contributed by atoms with Gasteiger partial charge < -0.3 is 0 Å². The van der Waals surface area contributed by atoms with Crippen LogP contribution in [0.15, 0.2) is 72.8 Å². The van der Waals surface area contributed by atoms with Gasteiger partial charge in [0.15, 0.2) is 5.67 Å². The molecule has 1 aliphatic carbocycles. The summed E-state index contributed by atoms with van der Waals surface area (Å²) in [6.45, 7) is 0. The van der Waals surface area contributed by atoms with E-state index < -0.39 is 5.67 Å². The van der Waals surface area contributed by atoms with Crippen LogP contribution in [0.3, 0.4) is 0 Å². The number of rotatable bonds is 2. The Balaban J connectivity index is 2.08. The van der Waals surface area contributed by atoms with Crippen molar-refractivity contribution < 1.29 is 4.39 Å². The Labute approximate surface area is 123 Å². The molecule has 0 saturated heterocycles. The molecule has 0 saturated carbocycles. The van der Waals surface area contributed by atoms with E-state index in [9.17, 15) is 0 Å². The summed E-state index contributed by atoms with van der Waals surface area (Å²) < 4.78 is 15.7. The zero-order chi connectivity index (χ0) is 14.7. The molecule has 0 aliphatic heterocycles. The first-order valence-corrected chi connectivity index (χ1v) is 6.86. The first-order valence-electron chi connectivity index (χ1n) is 6.86. The number of alkyl halides is 1. The monoisotopic (exact) mass is 275 g/mol. The highest BCUT2D eigenvalue weighted by Crippen LogP contribution is 2.44. The summed E-state index contributed by atoms with van der Waals surface area (Å²) in [5.41, 5.74) is 1.16. The number of nitrogens with zero attached hydrogens (tertiary/aromatic N) is 1. The molecule has 0 aromatic heterocycles. The molecule has 2 heteroatoms. The fourth-order valence-electron chi connectivity index (χ4n) is 2.66. The third-order valence-corrected chi connectivity index (χ3v) is 3.78. The van der Waals surface area contributed by atoms with Crippen LogP contribution < -0.4 is 0 Å². The third kappa shape index (κ3) is 2.39. The minimum atomic E-state index is -1.52. The van der Waals surface area contributed by atoms with Crippen molar-refractivity contribution in [2.75, 3.05) is 0 Å². The van der Waals surface area contributed by atoms with E-state index in [-0.39, 0.29) is 0 Å². The van der Waals surface area contributed by atoms with Crippen molar-refractivity contribution in [1.29, 1.82) is 5.26 Å². The molecule has 21 heavy (non-hydrogen) atoms. The van der Waals surface area contributed by atoms with Gasteiger partial charge in [0.25, 0.3) is 0 Å². The van der Waals surface area contributed by atoms with E-state index in [0.29, 0.717) is 23.1 Å². The minimum absolute atomic E-state index is 0.322. The average molecular weight is 275 g/mol. The van der Waals surface area contributed by atoms with E-state index in [1.807, 2.05) is 48.6 Å². The first-order chi connectivity index (χ1) is 10.2. The average Bonchev–Trinajstić information content (AvgIpc) is 2.56. The molecule has 3 rings (SSSR count). The zero-order valence-corrected chi connectivity index (χ0v) is 11.5. The largest absolute Gasteiger partial charge is 0.233 e. The van der Waals surface area contributed by atoms with E-state index in [2.05, 4.69) is 6.07 Å². The highest BCUT2D eigenvalue weighted by Gasteiger charge is 2.36.